The first kappa shape index (κ1) is 17.4. The van der Waals surface area contributed by atoms with E-state index < -0.39 is 11.6 Å². The first-order valence-electron chi connectivity index (χ1n) is 7.77. The number of aromatic nitrogens is 1. The predicted octanol–water partition coefficient (Wildman–Crippen LogP) is 4.46. The molecule has 4 nitrogen and oxygen atoms in total. The highest BCUT2D eigenvalue weighted by Gasteiger charge is 2.23. The molecule has 3 rings (SSSR count). The number of nitrogens with zero attached hydrogens (tertiary/aromatic N) is 2. The van der Waals surface area contributed by atoms with Gasteiger partial charge in [-0.2, -0.15) is 5.26 Å². The molecule has 0 saturated carbocycles. The van der Waals surface area contributed by atoms with E-state index in [0.29, 0.717) is 22.6 Å². The number of aryl methyl sites for hydroxylation is 1. The Morgan fingerprint density at radius 2 is 1.81 bits per heavy atom. The van der Waals surface area contributed by atoms with Crippen LogP contribution in [-0.2, 0) is 0 Å². The summed E-state index contributed by atoms with van der Waals surface area (Å²) in [6.07, 6.45) is 0. The quantitative estimate of drug-likeness (QED) is 0.756. The highest BCUT2D eigenvalue weighted by molar-refractivity contribution is 5.93. The van der Waals surface area contributed by atoms with Crippen LogP contribution in [0.2, 0.25) is 0 Å². The van der Waals surface area contributed by atoms with Gasteiger partial charge in [-0.05, 0) is 31.2 Å². The first-order valence-corrected chi connectivity index (χ1v) is 7.77. The van der Waals surface area contributed by atoms with Gasteiger partial charge >= 0.3 is 0 Å². The lowest BCUT2D eigenvalue weighted by Gasteiger charge is -2.18. The molecule has 0 amide bonds. The van der Waals surface area contributed by atoms with Crippen molar-refractivity contribution in [3.63, 3.8) is 0 Å². The number of anilines is 1. The van der Waals surface area contributed by atoms with E-state index in [4.69, 9.17) is 10.5 Å². The lowest BCUT2D eigenvalue weighted by atomic mass is 9.89. The fourth-order valence-corrected chi connectivity index (χ4v) is 2.98. The molecule has 0 aliphatic heterocycles. The minimum absolute atomic E-state index is 0.0130. The van der Waals surface area contributed by atoms with Crippen LogP contribution in [0, 0.1) is 29.9 Å². The Labute approximate surface area is 149 Å². The second-order valence-corrected chi connectivity index (χ2v) is 5.64. The van der Waals surface area contributed by atoms with E-state index in [-0.39, 0.29) is 22.5 Å². The molecule has 3 aromatic rings. The van der Waals surface area contributed by atoms with Crippen LogP contribution in [0.3, 0.4) is 0 Å². The van der Waals surface area contributed by atoms with Crippen LogP contribution < -0.4 is 10.5 Å². The first-order chi connectivity index (χ1) is 12.5. The number of halogens is 2. The average molecular weight is 351 g/mol. The van der Waals surface area contributed by atoms with Gasteiger partial charge in [-0.1, -0.05) is 18.2 Å². The largest absolute Gasteiger partial charge is 0.496 e. The maximum Gasteiger partial charge on any atom is 0.142 e. The molecule has 0 unspecified atom stereocenters. The van der Waals surface area contributed by atoms with Crippen LogP contribution >= 0.6 is 0 Å². The number of rotatable bonds is 3. The Hall–Kier alpha value is -3.46. The third-order valence-corrected chi connectivity index (χ3v) is 4.09. The van der Waals surface area contributed by atoms with E-state index in [2.05, 4.69) is 4.98 Å². The Bertz CT molecular complexity index is 1040. The summed E-state index contributed by atoms with van der Waals surface area (Å²) in [5.41, 5.74) is 7.57. The van der Waals surface area contributed by atoms with E-state index >= 15 is 0 Å². The predicted molar refractivity (Wildman–Crippen MR) is 95.4 cm³/mol. The Kier molecular flexibility index (Phi) is 4.55. The molecule has 0 spiro atoms. The molecule has 0 saturated heterocycles. The summed E-state index contributed by atoms with van der Waals surface area (Å²) in [5, 5.41) is 9.59. The topological polar surface area (TPSA) is 71.9 Å². The Morgan fingerprint density at radius 3 is 2.50 bits per heavy atom. The smallest absolute Gasteiger partial charge is 0.142 e. The molecular formula is C20H15F2N3O. The number of para-hydroxylation sites is 1. The number of methoxy groups -OCH3 is 1. The van der Waals surface area contributed by atoms with Crippen LogP contribution in [0.1, 0.15) is 11.3 Å². The maximum absolute atomic E-state index is 14.5. The Morgan fingerprint density at radius 1 is 1.08 bits per heavy atom. The number of pyridine rings is 1. The standard InChI is InChI=1S/C20H15F2N3O/c1-11-18(13-5-3-4-6-17(13)26-2)19(15(10-23)20(24)25-11)14-9-12(21)7-8-16(14)22/h3-9H,1-2H3,(H2,24,25). The lowest BCUT2D eigenvalue weighted by molar-refractivity contribution is 0.416. The second kappa shape index (κ2) is 6.81. The van der Waals surface area contributed by atoms with Gasteiger partial charge in [0, 0.05) is 27.9 Å². The van der Waals surface area contributed by atoms with Gasteiger partial charge in [0.25, 0.3) is 0 Å². The molecule has 26 heavy (non-hydrogen) atoms. The third-order valence-electron chi connectivity index (χ3n) is 4.09. The van der Waals surface area contributed by atoms with E-state index in [1.54, 1.807) is 31.2 Å². The molecule has 0 bridgehead atoms. The number of hydrogen-bond donors (Lipinski definition) is 1. The third kappa shape index (κ3) is 2.84. The van der Waals surface area contributed by atoms with Crippen molar-refractivity contribution in [3.05, 3.63) is 65.4 Å². The summed E-state index contributed by atoms with van der Waals surface area (Å²) in [6.45, 7) is 1.69. The summed E-state index contributed by atoms with van der Waals surface area (Å²) in [6, 6.07) is 12.1. The van der Waals surface area contributed by atoms with Crippen molar-refractivity contribution in [1.82, 2.24) is 4.98 Å². The zero-order valence-electron chi connectivity index (χ0n) is 14.2. The van der Waals surface area contributed by atoms with Gasteiger partial charge in [-0.25, -0.2) is 13.8 Å². The van der Waals surface area contributed by atoms with Gasteiger partial charge in [0.1, 0.15) is 34.8 Å². The molecule has 6 heteroatoms. The molecule has 2 N–H and O–H groups in total. The van der Waals surface area contributed by atoms with E-state index in [9.17, 15) is 14.0 Å². The molecule has 0 radical (unpaired) electrons. The van der Waals surface area contributed by atoms with Crippen LogP contribution in [0.25, 0.3) is 22.3 Å². The van der Waals surface area contributed by atoms with Gasteiger partial charge in [-0.3, -0.25) is 0 Å². The molecule has 130 valence electrons. The van der Waals surface area contributed by atoms with Crippen molar-refractivity contribution >= 4 is 5.82 Å². The highest BCUT2D eigenvalue weighted by Crippen LogP contribution is 2.42. The zero-order valence-corrected chi connectivity index (χ0v) is 14.2. The van der Waals surface area contributed by atoms with Gasteiger partial charge in [0.15, 0.2) is 0 Å². The molecule has 0 fully saturated rings. The zero-order chi connectivity index (χ0) is 18.8. The highest BCUT2D eigenvalue weighted by atomic mass is 19.1. The van der Waals surface area contributed by atoms with E-state index in [1.807, 2.05) is 6.07 Å². The summed E-state index contributed by atoms with van der Waals surface area (Å²) in [4.78, 5) is 4.22. The van der Waals surface area contributed by atoms with Gasteiger partial charge < -0.3 is 10.5 Å². The molecule has 2 aromatic carbocycles. The number of nitrogen functional groups attached to an aromatic ring is 1. The number of ether oxygens (including phenoxy) is 1. The SMILES string of the molecule is COc1ccccc1-c1c(C)nc(N)c(C#N)c1-c1cc(F)ccc1F. The maximum atomic E-state index is 14.5. The fourth-order valence-electron chi connectivity index (χ4n) is 2.98. The Balaban J connectivity index is 2.50. The van der Waals surface area contributed by atoms with Crippen LogP contribution in [0.5, 0.6) is 5.75 Å². The van der Waals surface area contributed by atoms with Crippen molar-refractivity contribution in [1.29, 1.82) is 5.26 Å². The van der Waals surface area contributed by atoms with Crippen molar-refractivity contribution < 1.29 is 13.5 Å². The van der Waals surface area contributed by atoms with Crippen molar-refractivity contribution in [2.24, 2.45) is 0 Å². The van der Waals surface area contributed by atoms with Gasteiger partial charge in [0.05, 0.1) is 7.11 Å². The molecule has 0 atom stereocenters. The molecule has 0 aliphatic rings. The number of nitriles is 1. The monoisotopic (exact) mass is 351 g/mol. The summed E-state index contributed by atoms with van der Waals surface area (Å²) >= 11 is 0. The molecular weight excluding hydrogens is 336 g/mol. The summed E-state index contributed by atoms with van der Waals surface area (Å²) < 4.78 is 33.8. The minimum Gasteiger partial charge on any atom is -0.496 e. The van der Waals surface area contributed by atoms with Gasteiger partial charge in [0.2, 0.25) is 0 Å². The van der Waals surface area contributed by atoms with Gasteiger partial charge in [-0.15, -0.1) is 0 Å². The van der Waals surface area contributed by atoms with Crippen molar-refractivity contribution in [3.8, 4) is 34.1 Å². The number of nitrogens with two attached hydrogens (primary N) is 1. The molecule has 0 aliphatic carbocycles. The number of hydrogen-bond acceptors (Lipinski definition) is 4. The normalized spacial score (nSPS) is 10.4. The van der Waals surface area contributed by atoms with Crippen molar-refractivity contribution in [2.45, 2.75) is 6.92 Å². The summed E-state index contributed by atoms with van der Waals surface area (Å²) in [7, 11) is 1.51. The van der Waals surface area contributed by atoms with E-state index in [1.165, 1.54) is 7.11 Å². The van der Waals surface area contributed by atoms with Crippen LogP contribution in [0.4, 0.5) is 14.6 Å². The number of benzene rings is 2. The lowest BCUT2D eigenvalue weighted by Crippen LogP contribution is -2.05. The minimum atomic E-state index is -0.663. The average Bonchev–Trinajstić information content (AvgIpc) is 2.63. The van der Waals surface area contributed by atoms with Crippen molar-refractivity contribution in [2.75, 3.05) is 12.8 Å². The molecule has 1 heterocycles. The van der Waals surface area contributed by atoms with Crippen LogP contribution in [0.15, 0.2) is 42.5 Å². The summed E-state index contributed by atoms with van der Waals surface area (Å²) in [5.74, 6) is -0.806. The van der Waals surface area contributed by atoms with Crippen LogP contribution in [-0.4, -0.2) is 12.1 Å². The molecule has 1 aromatic heterocycles. The fraction of sp³-hybridized carbons (Fsp3) is 0.100. The second-order valence-electron chi connectivity index (χ2n) is 5.64. The van der Waals surface area contributed by atoms with E-state index in [0.717, 1.165) is 18.2 Å².